The van der Waals surface area contributed by atoms with Crippen LogP contribution in [0.3, 0.4) is 0 Å². The van der Waals surface area contributed by atoms with E-state index in [1.807, 2.05) is 6.92 Å². The van der Waals surface area contributed by atoms with Crippen LogP contribution in [0.25, 0.3) is 0 Å². The third kappa shape index (κ3) is 4.80. The quantitative estimate of drug-likeness (QED) is 0.719. The van der Waals surface area contributed by atoms with Gasteiger partial charge in [0.25, 0.3) is 0 Å². The van der Waals surface area contributed by atoms with Crippen LogP contribution in [0.1, 0.15) is 39.5 Å². The zero-order valence-corrected chi connectivity index (χ0v) is 12.6. The predicted molar refractivity (Wildman–Crippen MR) is 77.7 cm³/mol. The Morgan fingerprint density at radius 1 is 1.37 bits per heavy atom. The Balaban J connectivity index is 2.75. The molecule has 1 aromatic rings. The molecule has 0 fully saturated rings. The Hall–Kier alpha value is -1.14. The van der Waals surface area contributed by atoms with E-state index in [1.54, 1.807) is 19.3 Å². The van der Waals surface area contributed by atoms with Crippen molar-refractivity contribution in [2.75, 3.05) is 12.4 Å². The molecule has 0 aromatic carbocycles. The van der Waals surface area contributed by atoms with Crippen molar-refractivity contribution in [1.82, 2.24) is 9.71 Å². The molecule has 0 saturated heterocycles. The number of nitrogens with zero attached hydrogens (tertiary/aromatic N) is 1. The second kappa shape index (κ2) is 7.45. The van der Waals surface area contributed by atoms with E-state index in [0.717, 1.165) is 25.7 Å². The van der Waals surface area contributed by atoms with E-state index < -0.39 is 10.0 Å². The second-order valence-electron chi connectivity index (χ2n) is 4.64. The van der Waals surface area contributed by atoms with Crippen LogP contribution in [-0.2, 0) is 10.0 Å². The number of rotatable bonds is 8. The highest BCUT2D eigenvalue weighted by Gasteiger charge is 2.20. The summed E-state index contributed by atoms with van der Waals surface area (Å²) in [4.78, 5) is 4.08. The number of nitrogens with one attached hydrogen (secondary N) is 2. The van der Waals surface area contributed by atoms with Crippen LogP contribution in [0.4, 0.5) is 5.69 Å². The molecule has 0 bridgehead atoms. The minimum atomic E-state index is -3.51. The van der Waals surface area contributed by atoms with Crippen LogP contribution in [0.5, 0.6) is 0 Å². The number of hydrogen-bond acceptors (Lipinski definition) is 4. The van der Waals surface area contributed by atoms with Gasteiger partial charge in [-0.3, -0.25) is 4.98 Å². The van der Waals surface area contributed by atoms with Gasteiger partial charge in [-0.2, -0.15) is 0 Å². The summed E-state index contributed by atoms with van der Waals surface area (Å²) in [6, 6.07) is 1.58. The number of aromatic nitrogens is 1. The number of anilines is 1. The summed E-state index contributed by atoms with van der Waals surface area (Å²) in [7, 11) is -1.82. The van der Waals surface area contributed by atoms with Gasteiger partial charge in [-0.05, 0) is 19.4 Å². The first-order chi connectivity index (χ1) is 9.01. The van der Waals surface area contributed by atoms with Crippen molar-refractivity contribution in [3.8, 4) is 0 Å². The molecule has 1 rings (SSSR count). The molecule has 0 saturated carbocycles. The van der Waals surface area contributed by atoms with Crippen molar-refractivity contribution in [3.05, 3.63) is 18.5 Å². The second-order valence-corrected chi connectivity index (χ2v) is 6.32. The summed E-state index contributed by atoms with van der Waals surface area (Å²) in [6.07, 6.45) is 7.07. The molecule has 0 amide bonds. The molecule has 0 aliphatic carbocycles. The van der Waals surface area contributed by atoms with Crippen molar-refractivity contribution in [3.63, 3.8) is 0 Å². The largest absolute Gasteiger partial charge is 0.387 e. The Labute approximate surface area is 115 Å². The average molecular weight is 285 g/mol. The van der Waals surface area contributed by atoms with Gasteiger partial charge in [0.1, 0.15) is 4.90 Å². The van der Waals surface area contributed by atoms with Crippen molar-refractivity contribution >= 4 is 15.7 Å². The lowest BCUT2D eigenvalue weighted by Gasteiger charge is -2.15. The fraction of sp³-hybridized carbons (Fsp3) is 0.615. The molecule has 1 unspecified atom stereocenters. The molecule has 1 aromatic heterocycles. The summed E-state index contributed by atoms with van der Waals surface area (Å²) < 4.78 is 27.2. The van der Waals surface area contributed by atoms with Crippen LogP contribution in [0.2, 0.25) is 0 Å². The van der Waals surface area contributed by atoms with Crippen LogP contribution in [0, 0.1) is 0 Å². The maximum atomic E-state index is 12.3. The number of hydrogen-bond donors (Lipinski definition) is 2. The summed E-state index contributed by atoms with van der Waals surface area (Å²) >= 11 is 0. The average Bonchev–Trinajstić information content (AvgIpc) is 2.38. The number of sulfonamides is 1. The minimum absolute atomic E-state index is 0.0681. The van der Waals surface area contributed by atoms with Crippen LogP contribution >= 0.6 is 0 Å². The molecule has 0 aliphatic heterocycles. The molecule has 108 valence electrons. The molecule has 5 nitrogen and oxygen atoms in total. The number of pyridine rings is 1. The van der Waals surface area contributed by atoms with E-state index in [2.05, 4.69) is 21.9 Å². The summed E-state index contributed by atoms with van der Waals surface area (Å²) in [5.41, 5.74) is 0.559. The van der Waals surface area contributed by atoms with Crippen molar-refractivity contribution in [2.45, 2.75) is 50.5 Å². The molecule has 1 heterocycles. The fourth-order valence-electron chi connectivity index (χ4n) is 1.89. The molecule has 6 heteroatoms. The van der Waals surface area contributed by atoms with E-state index >= 15 is 0 Å². The lowest BCUT2D eigenvalue weighted by Crippen LogP contribution is -2.33. The van der Waals surface area contributed by atoms with Gasteiger partial charge in [0.2, 0.25) is 10.0 Å². The third-order valence-corrected chi connectivity index (χ3v) is 4.56. The molecule has 1 atom stereocenters. The van der Waals surface area contributed by atoms with E-state index in [9.17, 15) is 8.42 Å². The van der Waals surface area contributed by atoms with Gasteiger partial charge >= 0.3 is 0 Å². The zero-order valence-electron chi connectivity index (χ0n) is 11.8. The van der Waals surface area contributed by atoms with Crippen LogP contribution in [0.15, 0.2) is 23.4 Å². The van der Waals surface area contributed by atoms with E-state index in [-0.39, 0.29) is 10.9 Å². The highest BCUT2D eigenvalue weighted by Crippen LogP contribution is 2.19. The molecule has 0 radical (unpaired) electrons. The first kappa shape index (κ1) is 15.9. The normalized spacial score (nSPS) is 13.2. The van der Waals surface area contributed by atoms with Crippen LogP contribution in [-0.4, -0.2) is 26.5 Å². The van der Waals surface area contributed by atoms with Gasteiger partial charge in [0, 0.05) is 25.5 Å². The van der Waals surface area contributed by atoms with Gasteiger partial charge in [0.05, 0.1) is 5.69 Å². The minimum Gasteiger partial charge on any atom is -0.387 e. The lowest BCUT2D eigenvalue weighted by molar-refractivity contribution is 0.527. The highest BCUT2D eigenvalue weighted by molar-refractivity contribution is 7.89. The summed E-state index contributed by atoms with van der Waals surface area (Å²) in [5, 5.41) is 2.87. The van der Waals surface area contributed by atoms with Gasteiger partial charge in [-0.15, -0.1) is 0 Å². The molecule has 19 heavy (non-hydrogen) atoms. The first-order valence-electron chi connectivity index (χ1n) is 6.65. The van der Waals surface area contributed by atoms with Crippen molar-refractivity contribution in [1.29, 1.82) is 0 Å². The zero-order chi connectivity index (χ0) is 14.3. The molecule has 2 N–H and O–H groups in total. The van der Waals surface area contributed by atoms with Crippen LogP contribution < -0.4 is 10.0 Å². The first-order valence-corrected chi connectivity index (χ1v) is 8.13. The third-order valence-electron chi connectivity index (χ3n) is 2.94. The lowest BCUT2D eigenvalue weighted by atomic mass is 10.1. The van der Waals surface area contributed by atoms with Gasteiger partial charge in [-0.25, -0.2) is 13.1 Å². The Morgan fingerprint density at radius 2 is 2.11 bits per heavy atom. The number of unbranched alkanes of at least 4 members (excludes halogenated alkanes) is 2. The Bertz CT molecular complexity index is 488. The summed E-state index contributed by atoms with van der Waals surface area (Å²) in [6.45, 7) is 4.02. The molecular weight excluding hydrogens is 262 g/mol. The standard InChI is InChI=1S/C13H23N3O2S/c1-4-5-6-7-11(2)16-19(17,18)13-10-15-9-8-12(13)14-3/h8-11,16H,4-7H2,1-3H3,(H,14,15). The fourth-order valence-corrected chi connectivity index (χ4v) is 3.32. The monoisotopic (exact) mass is 285 g/mol. The van der Waals surface area contributed by atoms with E-state index in [1.165, 1.54) is 6.20 Å². The van der Waals surface area contributed by atoms with E-state index in [4.69, 9.17) is 0 Å². The Kier molecular flexibility index (Phi) is 6.24. The molecule has 0 spiro atoms. The molecular formula is C13H23N3O2S. The smallest absolute Gasteiger partial charge is 0.244 e. The highest BCUT2D eigenvalue weighted by atomic mass is 32.2. The van der Waals surface area contributed by atoms with Crippen molar-refractivity contribution in [2.24, 2.45) is 0 Å². The van der Waals surface area contributed by atoms with Crippen molar-refractivity contribution < 1.29 is 8.42 Å². The topological polar surface area (TPSA) is 71.1 Å². The maximum absolute atomic E-state index is 12.3. The van der Waals surface area contributed by atoms with Gasteiger partial charge in [-0.1, -0.05) is 26.2 Å². The maximum Gasteiger partial charge on any atom is 0.244 e. The Morgan fingerprint density at radius 3 is 2.74 bits per heavy atom. The predicted octanol–water partition coefficient (Wildman–Crippen LogP) is 2.37. The van der Waals surface area contributed by atoms with E-state index in [0.29, 0.717) is 5.69 Å². The SMILES string of the molecule is CCCCCC(C)NS(=O)(=O)c1cnccc1NC. The van der Waals surface area contributed by atoms with Gasteiger partial charge in [0.15, 0.2) is 0 Å². The molecule has 0 aliphatic rings. The summed E-state index contributed by atoms with van der Waals surface area (Å²) in [5.74, 6) is 0. The van der Waals surface area contributed by atoms with Gasteiger partial charge < -0.3 is 5.32 Å².